The van der Waals surface area contributed by atoms with Gasteiger partial charge in [0.25, 0.3) is 0 Å². The molecule has 2 N–H and O–H groups in total. The maximum atomic E-state index is 13.0. The lowest BCUT2D eigenvalue weighted by Crippen LogP contribution is -2.19. The molecule has 1 aromatic heterocycles. The van der Waals surface area contributed by atoms with Crippen molar-refractivity contribution in [1.29, 1.82) is 0 Å². The van der Waals surface area contributed by atoms with Crippen molar-refractivity contribution in [3.63, 3.8) is 0 Å². The molecule has 5 nitrogen and oxygen atoms in total. The molecule has 0 aliphatic carbocycles. The molecular formula is C13H16BrFN4O. The molecule has 0 atom stereocenters. The Kier molecular flexibility index (Phi) is 5.08. The zero-order valence-electron chi connectivity index (χ0n) is 11.3. The van der Waals surface area contributed by atoms with E-state index in [-0.39, 0.29) is 11.8 Å². The van der Waals surface area contributed by atoms with Gasteiger partial charge in [0.15, 0.2) is 0 Å². The lowest BCUT2D eigenvalue weighted by Gasteiger charge is -2.04. The summed E-state index contributed by atoms with van der Waals surface area (Å²) >= 11 is 3.26. The summed E-state index contributed by atoms with van der Waals surface area (Å²) in [4.78, 5) is 0. The molecule has 0 aliphatic rings. The SMILES string of the molecule is CC(C)CNCc1nnc(Nc2ccc(F)cc2Br)o1. The first-order chi connectivity index (χ1) is 9.54. The third-order valence-electron chi connectivity index (χ3n) is 2.47. The summed E-state index contributed by atoms with van der Waals surface area (Å²) in [5, 5.41) is 14.0. The smallest absolute Gasteiger partial charge is 0.320 e. The van der Waals surface area contributed by atoms with E-state index in [1.54, 1.807) is 6.07 Å². The zero-order valence-corrected chi connectivity index (χ0v) is 12.9. The second kappa shape index (κ2) is 6.81. The van der Waals surface area contributed by atoms with Crippen LogP contribution in [-0.2, 0) is 6.54 Å². The number of hydrogen-bond acceptors (Lipinski definition) is 5. The Morgan fingerprint density at radius 3 is 2.85 bits per heavy atom. The Labute approximate surface area is 125 Å². The van der Waals surface area contributed by atoms with Crippen LogP contribution in [0.1, 0.15) is 19.7 Å². The number of hydrogen-bond donors (Lipinski definition) is 2. The van der Waals surface area contributed by atoms with Gasteiger partial charge >= 0.3 is 6.01 Å². The van der Waals surface area contributed by atoms with E-state index in [1.165, 1.54) is 12.1 Å². The predicted molar refractivity (Wildman–Crippen MR) is 78.2 cm³/mol. The summed E-state index contributed by atoms with van der Waals surface area (Å²) < 4.78 is 19.0. The van der Waals surface area contributed by atoms with E-state index >= 15 is 0 Å². The Morgan fingerprint density at radius 1 is 1.35 bits per heavy atom. The fourth-order valence-corrected chi connectivity index (χ4v) is 2.00. The number of halogens is 2. The second-order valence-corrected chi connectivity index (χ2v) is 5.63. The number of rotatable bonds is 6. The minimum atomic E-state index is -0.313. The normalized spacial score (nSPS) is 11.1. The van der Waals surface area contributed by atoms with Crippen LogP contribution in [0.5, 0.6) is 0 Å². The van der Waals surface area contributed by atoms with Crippen molar-refractivity contribution in [2.45, 2.75) is 20.4 Å². The van der Waals surface area contributed by atoms with Crippen molar-refractivity contribution in [2.24, 2.45) is 5.92 Å². The predicted octanol–water partition coefficient (Wildman–Crippen LogP) is 3.46. The van der Waals surface area contributed by atoms with Crippen molar-refractivity contribution < 1.29 is 8.81 Å². The zero-order chi connectivity index (χ0) is 14.5. The van der Waals surface area contributed by atoms with Crippen molar-refractivity contribution in [3.05, 3.63) is 34.4 Å². The molecule has 0 fully saturated rings. The molecule has 0 bridgehead atoms. The summed E-state index contributed by atoms with van der Waals surface area (Å²) in [6, 6.07) is 4.59. The van der Waals surface area contributed by atoms with Gasteiger partial charge in [-0.25, -0.2) is 4.39 Å². The number of nitrogens with one attached hydrogen (secondary N) is 2. The second-order valence-electron chi connectivity index (χ2n) is 4.77. The minimum absolute atomic E-state index is 0.277. The molecule has 0 saturated carbocycles. The molecule has 0 spiro atoms. The van der Waals surface area contributed by atoms with E-state index in [9.17, 15) is 4.39 Å². The van der Waals surface area contributed by atoms with Gasteiger partial charge in [0.05, 0.1) is 12.2 Å². The average molecular weight is 343 g/mol. The number of anilines is 2. The molecule has 2 rings (SSSR count). The highest BCUT2D eigenvalue weighted by Crippen LogP contribution is 2.25. The summed E-state index contributed by atoms with van der Waals surface area (Å²) in [5.41, 5.74) is 0.664. The van der Waals surface area contributed by atoms with E-state index in [0.29, 0.717) is 28.5 Å². The van der Waals surface area contributed by atoms with Crippen molar-refractivity contribution >= 4 is 27.6 Å². The van der Waals surface area contributed by atoms with Crippen LogP contribution in [0.2, 0.25) is 0 Å². The van der Waals surface area contributed by atoms with Gasteiger partial charge in [0.1, 0.15) is 5.82 Å². The van der Waals surface area contributed by atoms with Gasteiger partial charge in [-0.05, 0) is 46.6 Å². The van der Waals surface area contributed by atoms with Gasteiger partial charge in [0.2, 0.25) is 5.89 Å². The third-order valence-corrected chi connectivity index (χ3v) is 3.12. The summed E-state index contributed by atoms with van der Waals surface area (Å²) in [6.07, 6.45) is 0. The van der Waals surface area contributed by atoms with Crippen LogP contribution in [0, 0.1) is 11.7 Å². The topological polar surface area (TPSA) is 63.0 Å². The first-order valence-corrected chi connectivity index (χ1v) is 7.09. The molecule has 1 heterocycles. The fourth-order valence-electron chi connectivity index (χ4n) is 1.55. The van der Waals surface area contributed by atoms with Crippen LogP contribution in [-0.4, -0.2) is 16.7 Å². The summed E-state index contributed by atoms with van der Waals surface area (Å²) in [7, 11) is 0. The molecule has 108 valence electrons. The molecule has 0 saturated heterocycles. The quantitative estimate of drug-likeness (QED) is 0.841. The van der Waals surface area contributed by atoms with Gasteiger partial charge in [-0.15, -0.1) is 5.10 Å². The van der Waals surface area contributed by atoms with Crippen LogP contribution >= 0.6 is 15.9 Å². The van der Waals surface area contributed by atoms with Crippen molar-refractivity contribution in [3.8, 4) is 0 Å². The Morgan fingerprint density at radius 2 is 2.15 bits per heavy atom. The highest BCUT2D eigenvalue weighted by atomic mass is 79.9. The molecule has 20 heavy (non-hydrogen) atoms. The van der Waals surface area contributed by atoms with Crippen LogP contribution < -0.4 is 10.6 Å². The van der Waals surface area contributed by atoms with E-state index in [0.717, 1.165) is 6.54 Å². The maximum absolute atomic E-state index is 13.0. The molecule has 2 aromatic rings. The first-order valence-electron chi connectivity index (χ1n) is 6.30. The summed E-state index contributed by atoms with van der Waals surface area (Å²) in [5.74, 6) is 0.753. The summed E-state index contributed by atoms with van der Waals surface area (Å²) in [6.45, 7) is 5.66. The van der Waals surface area contributed by atoms with Crippen LogP contribution in [0.25, 0.3) is 0 Å². The molecule has 0 unspecified atom stereocenters. The van der Waals surface area contributed by atoms with E-state index in [2.05, 4.69) is 50.6 Å². The Balaban J connectivity index is 1.95. The molecule has 0 aliphatic heterocycles. The van der Waals surface area contributed by atoms with Gasteiger partial charge in [-0.3, -0.25) is 0 Å². The minimum Gasteiger partial charge on any atom is -0.406 e. The van der Waals surface area contributed by atoms with Gasteiger partial charge in [0, 0.05) is 4.47 Å². The Hall–Kier alpha value is -1.47. The molecule has 0 amide bonds. The first kappa shape index (κ1) is 14.9. The van der Waals surface area contributed by atoms with Crippen LogP contribution in [0.15, 0.2) is 27.1 Å². The lowest BCUT2D eigenvalue weighted by molar-refractivity contribution is 0.460. The van der Waals surface area contributed by atoms with Crippen LogP contribution in [0.4, 0.5) is 16.1 Å². The van der Waals surface area contributed by atoms with Gasteiger partial charge in [-0.1, -0.05) is 18.9 Å². The number of nitrogens with zero attached hydrogens (tertiary/aromatic N) is 2. The van der Waals surface area contributed by atoms with Crippen molar-refractivity contribution in [1.82, 2.24) is 15.5 Å². The maximum Gasteiger partial charge on any atom is 0.320 e. The van der Waals surface area contributed by atoms with E-state index < -0.39 is 0 Å². The van der Waals surface area contributed by atoms with Gasteiger partial charge in [-0.2, -0.15) is 0 Å². The fraction of sp³-hybridized carbons (Fsp3) is 0.385. The third kappa shape index (κ3) is 4.28. The van der Waals surface area contributed by atoms with Crippen molar-refractivity contribution in [2.75, 3.05) is 11.9 Å². The Bertz CT molecular complexity index is 573. The lowest BCUT2D eigenvalue weighted by atomic mass is 10.2. The number of benzene rings is 1. The van der Waals surface area contributed by atoms with E-state index in [4.69, 9.17) is 4.42 Å². The highest BCUT2D eigenvalue weighted by molar-refractivity contribution is 9.10. The molecule has 7 heteroatoms. The molecule has 1 aromatic carbocycles. The monoisotopic (exact) mass is 342 g/mol. The van der Waals surface area contributed by atoms with Crippen LogP contribution in [0.3, 0.4) is 0 Å². The number of aromatic nitrogens is 2. The highest BCUT2D eigenvalue weighted by Gasteiger charge is 2.08. The standard InChI is InChI=1S/C13H16BrFN4O/c1-8(2)6-16-7-12-18-19-13(20-12)17-11-4-3-9(15)5-10(11)14/h3-5,8,16H,6-7H2,1-2H3,(H,17,19). The van der Waals surface area contributed by atoms with Gasteiger partial charge < -0.3 is 15.1 Å². The van der Waals surface area contributed by atoms with E-state index in [1.807, 2.05) is 0 Å². The largest absolute Gasteiger partial charge is 0.406 e. The molecular weight excluding hydrogens is 327 g/mol. The average Bonchev–Trinajstić information content (AvgIpc) is 2.80. The molecule has 0 radical (unpaired) electrons.